The highest BCUT2D eigenvalue weighted by atomic mass is 32.2. The van der Waals surface area contributed by atoms with Crippen molar-refractivity contribution in [2.75, 3.05) is 32.4 Å². The molecule has 0 N–H and O–H groups in total. The summed E-state index contributed by atoms with van der Waals surface area (Å²) in [6.45, 7) is 7.88. The summed E-state index contributed by atoms with van der Waals surface area (Å²) in [6, 6.07) is 8.07. The second-order valence-electron chi connectivity index (χ2n) is 6.18. The van der Waals surface area contributed by atoms with Crippen molar-refractivity contribution in [3.05, 3.63) is 46.8 Å². The Morgan fingerprint density at radius 1 is 1.21 bits per heavy atom. The maximum absolute atomic E-state index is 12.8. The van der Waals surface area contributed by atoms with Crippen molar-refractivity contribution in [3.63, 3.8) is 0 Å². The maximum Gasteiger partial charge on any atom is 0.254 e. The minimum atomic E-state index is 0.138. The van der Waals surface area contributed by atoms with Crippen molar-refractivity contribution in [3.8, 4) is 0 Å². The molecule has 0 radical (unpaired) electrons. The fourth-order valence-electron chi connectivity index (χ4n) is 2.95. The molecule has 3 rings (SSSR count). The summed E-state index contributed by atoms with van der Waals surface area (Å²) in [4.78, 5) is 18.2. The highest BCUT2D eigenvalue weighted by Crippen LogP contribution is 2.21. The minimum Gasteiger partial charge on any atom is -0.360 e. The molecule has 24 heavy (non-hydrogen) atoms. The van der Waals surface area contributed by atoms with Gasteiger partial charge < -0.3 is 9.42 Å². The molecule has 1 aromatic heterocycles. The fourth-order valence-corrected chi connectivity index (χ4v) is 3.39. The lowest BCUT2D eigenvalue weighted by molar-refractivity contribution is 0.0616. The van der Waals surface area contributed by atoms with Crippen LogP contribution in [0.15, 0.2) is 33.7 Å². The monoisotopic (exact) mass is 345 g/mol. The van der Waals surface area contributed by atoms with Crippen LogP contribution in [0.5, 0.6) is 0 Å². The van der Waals surface area contributed by atoms with E-state index in [1.165, 1.54) is 0 Å². The molecule has 1 fully saturated rings. The van der Waals surface area contributed by atoms with Crippen LogP contribution < -0.4 is 0 Å². The van der Waals surface area contributed by atoms with Gasteiger partial charge in [0.05, 0.1) is 12.2 Å². The number of carbonyl (C=O) groups excluding carboxylic acids is 1. The summed E-state index contributed by atoms with van der Waals surface area (Å²) in [6.07, 6.45) is 2.03. The van der Waals surface area contributed by atoms with Crippen molar-refractivity contribution in [2.45, 2.75) is 25.3 Å². The van der Waals surface area contributed by atoms with Gasteiger partial charge in [-0.25, -0.2) is 0 Å². The lowest BCUT2D eigenvalue weighted by atomic mass is 10.1. The first-order chi connectivity index (χ1) is 11.6. The molecule has 128 valence electrons. The van der Waals surface area contributed by atoms with E-state index in [1.807, 2.05) is 43.2 Å². The van der Waals surface area contributed by atoms with Crippen LogP contribution in [-0.2, 0) is 6.54 Å². The first-order valence-corrected chi connectivity index (χ1v) is 9.38. The number of amides is 1. The molecule has 0 unspecified atom stereocenters. The van der Waals surface area contributed by atoms with Gasteiger partial charge in [-0.05, 0) is 37.8 Å². The molecule has 1 saturated heterocycles. The molecule has 5 nitrogen and oxygen atoms in total. The molecule has 6 heteroatoms. The molecule has 2 heterocycles. The van der Waals surface area contributed by atoms with E-state index in [4.69, 9.17) is 4.52 Å². The molecule has 1 aliphatic heterocycles. The molecule has 1 aliphatic rings. The van der Waals surface area contributed by atoms with Crippen molar-refractivity contribution < 1.29 is 9.32 Å². The Kier molecular flexibility index (Phi) is 5.26. The zero-order valence-electron chi connectivity index (χ0n) is 14.4. The van der Waals surface area contributed by atoms with Gasteiger partial charge in [-0.15, -0.1) is 11.8 Å². The Labute approximate surface area is 147 Å². The number of aromatic nitrogens is 1. The molecule has 0 atom stereocenters. The van der Waals surface area contributed by atoms with Crippen molar-refractivity contribution >= 4 is 17.7 Å². The second kappa shape index (κ2) is 7.40. The van der Waals surface area contributed by atoms with Crippen LogP contribution in [0.25, 0.3) is 0 Å². The number of benzene rings is 1. The lowest BCUT2D eigenvalue weighted by Gasteiger charge is -2.34. The Bertz CT molecular complexity index is 721. The third-order valence-electron chi connectivity index (χ3n) is 4.39. The van der Waals surface area contributed by atoms with E-state index in [9.17, 15) is 4.79 Å². The second-order valence-corrected chi connectivity index (χ2v) is 7.06. The normalized spacial score (nSPS) is 15.7. The van der Waals surface area contributed by atoms with Gasteiger partial charge in [-0.2, -0.15) is 0 Å². The average molecular weight is 345 g/mol. The molecule has 0 saturated carbocycles. The molecule has 0 aliphatic carbocycles. The quantitative estimate of drug-likeness (QED) is 0.798. The maximum atomic E-state index is 12.8. The van der Waals surface area contributed by atoms with Crippen LogP contribution in [0.2, 0.25) is 0 Å². The summed E-state index contributed by atoms with van der Waals surface area (Å²) in [5.41, 5.74) is 2.77. The minimum absolute atomic E-state index is 0.138. The number of nitrogens with zero attached hydrogens (tertiary/aromatic N) is 3. The first kappa shape index (κ1) is 17.0. The van der Waals surface area contributed by atoms with Gasteiger partial charge in [0.2, 0.25) is 0 Å². The van der Waals surface area contributed by atoms with E-state index in [0.717, 1.165) is 60.2 Å². The topological polar surface area (TPSA) is 49.6 Å². The highest BCUT2D eigenvalue weighted by molar-refractivity contribution is 7.98. The third kappa shape index (κ3) is 3.82. The largest absolute Gasteiger partial charge is 0.360 e. The Morgan fingerprint density at radius 3 is 2.58 bits per heavy atom. The standard InChI is InChI=1S/C18H23N3O2S/c1-13-4-5-16(24-3)11-17(13)18(22)21-8-6-20(7-9-21)12-15-10-14(2)19-23-15/h4-5,10-11H,6-9,12H2,1-3H3. The van der Waals surface area contributed by atoms with E-state index in [-0.39, 0.29) is 5.91 Å². The summed E-state index contributed by atoms with van der Waals surface area (Å²) >= 11 is 1.66. The predicted octanol–water partition coefficient (Wildman–Crippen LogP) is 2.97. The molecular weight excluding hydrogens is 322 g/mol. The lowest BCUT2D eigenvalue weighted by Crippen LogP contribution is -2.48. The zero-order chi connectivity index (χ0) is 17.1. The van der Waals surface area contributed by atoms with E-state index in [2.05, 4.69) is 16.1 Å². The van der Waals surface area contributed by atoms with Gasteiger partial charge in [-0.1, -0.05) is 11.2 Å². The number of piperazine rings is 1. The number of thioether (sulfide) groups is 1. The number of hydrogen-bond acceptors (Lipinski definition) is 5. The number of rotatable bonds is 4. The van der Waals surface area contributed by atoms with Gasteiger partial charge in [0.15, 0.2) is 5.76 Å². The number of carbonyl (C=O) groups is 1. The first-order valence-electron chi connectivity index (χ1n) is 8.15. The molecule has 2 aromatic rings. The Balaban J connectivity index is 1.61. The van der Waals surface area contributed by atoms with Crippen molar-refractivity contribution in [1.29, 1.82) is 0 Å². The van der Waals surface area contributed by atoms with Gasteiger partial charge in [-0.3, -0.25) is 9.69 Å². The van der Waals surface area contributed by atoms with Crippen LogP contribution >= 0.6 is 11.8 Å². The van der Waals surface area contributed by atoms with Crippen LogP contribution in [0.3, 0.4) is 0 Å². The van der Waals surface area contributed by atoms with E-state index >= 15 is 0 Å². The fraction of sp³-hybridized carbons (Fsp3) is 0.444. The molecule has 1 aromatic carbocycles. The summed E-state index contributed by atoms with van der Waals surface area (Å²) in [7, 11) is 0. The van der Waals surface area contributed by atoms with Gasteiger partial charge >= 0.3 is 0 Å². The summed E-state index contributed by atoms with van der Waals surface area (Å²) < 4.78 is 5.28. The van der Waals surface area contributed by atoms with E-state index in [0.29, 0.717) is 0 Å². The Hall–Kier alpha value is -1.79. The summed E-state index contributed by atoms with van der Waals surface area (Å²) in [5, 5.41) is 3.92. The zero-order valence-corrected chi connectivity index (χ0v) is 15.2. The van der Waals surface area contributed by atoms with Crippen molar-refractivity contribution in [2.24, 2.45) is 0 Å². The Morgan fingerprint density at radius 2 is 1.96 bits per heavy atom. The molecule has 0 spiro atoms. The van der Waals surface area contributed by atoms with Gasteiger partial charge in [0.25, 0.3) is 5.91 Å². The van der Waals surface area contributed by atoms with Crippen LogP contribution in [0.1, 0.15) is 27.4 Å². The van der Waals surface area contributed by atoms with Gasteiger partial charge in [0, 0.05) is 42.7 Å². The predicted molar refractivity (Wildman–Crippen MR) is 95.4 cm³/mol. The van der Waals surface area contributed by atoms with E-state index in [1.54, 1.807) is 11.8 Å². The van der Waals surface area contributed by atoms with Crippen molar-refractivity contribution in [1.82, 2.24) is 15.0 Å². The van der Waals surface area contributed by atoms with Crippen LogP contribution in [0, 0.1) is 13.8 Å². The number of aryl methyl sites for hydroxylation is 2. The SMILES string of the molecule is CSc1ccc(C)c(C(=O)N2CCN(Cc3cc(C)no3)CC2)c1. The van der Waals surface area contributed by atoms with Crippen LogP contribution in [-0.4, -0.2) is 53.3 Å². The molecular formula is C18H23N3O2S. The molecule has 0 bridgehead atoms. The average Bonchev–Trinajstić information content (AvgIpc) is 3.00. The third-order valence-corrected chi connectivity index (χ3v) is 5.12. The smallest absolute Gasteiger partial charge is 0.254 e. The highest BCUT2D eigenvalue weighted by Gasteiger charge is 2.24. The number of hydrogen-bond donors (Lipinski definition) is 0. The van der Waals surface area contributed by atoms with Gasteiger partial charge in [0.1, 0.15) is 0 Å². The van der Waals surface area contributed by atoms with Crippen LogP contribution in [0.4, 0.5) is 0 Å². The van der Waals surface area contributed by atoms with E-state index < -0.39 is 0 Å². The molecule has 1 amide bonds. The summed E-state index contributed by atoms with van der Waals surface area (Å²) in [5.74, 6) is 1.02.